The zero-order valence-electron chi connectivity index (χ0n) is 17.9. The molecular weight excluding hydrogens is 452 g/mol. The Balaban J connectivity index is 1.61. The maximum Gasteiger partial charge on any atom is 0.330 e. The van der Waals surface area contributed by atoms with Gasteiger partial charge in [0.2, 0.25) is 6.29 Å². The Bertz CT molecular complexity index is 1020. The maximum absolute atomic E-state index is 12.0. The van der Waals surface area contributed by atoms with Crippen molar-refractivity contribution in [2.24, 2.45) is 0 Å². The average molecular weight is 478 g/mol. The molecule has 0 saturated carbocycles. The van der Waals surface area contributed by atoms with Crippen LogP contribution in [0.3, 0.4) is 0 Å². The standard InChI is InChI=1S/C23H26O11/c24-8-7-13-2-5-17(16(27)10-13)33-23-22(31)21(30)20(29)18(34-23)11-32-19(28)6-3-12-1-4-14(25)15(26)9-12/h1-6,9-10,18,20-27,29-31H,7-8,11H2/b6-3+/t18-,20-,21+,22-,23-/m1/s1. The maximum atomic E-state index is 12.0. The van der Waals surface area contributed by atoms with Crippen LogP contribution >= 0.6 is 0 Å². The number of phenols is 3. The number of rotatable bonds is 8. The van der Waals surface area contributed by atoms with E-state index in [1.165, 1.54) is 36.4 Å². The third-order valence-electron chi connectivity index (χ3n) is 5.14. The second kappa shape index (κ2) is 11.2. The predicted molar refractivity (Wildman–Crippen MR) is 116 cm³/mol. The number of benzene rings is 2. The van der Waals surface area contributed by atoms with E-state index in [0.29, 0.717) is 17.5 Å². The fraction of sp³-hybridized carbons (Fsp3) is 0.348. The lowest BCUT2D eigenvalue weighted by Gasteiger charge is -2.39. The van der Waals surface area contributed by atoms with E-state index in [2.05, 4.69) is 0 Å². The molecule has 0 unspecified atom stereocenters. The minimum atomic E-state index is -1.69. The Kier molecular flexibility index (Phi) is 8.31. The average Bonchev–Trinajstić information content (AvgIpc) is 2.81. The van der Waals surface area contributed by atoms with Crippen molar-refractivity contribution in [2.45, 2.75) is 37.1 Å². The molecule has 7 N–H and O–H groups in total. The third-order valence-corrected chi connectivity index (χ3v) is 5.14. The smallest absolute Gasteiger partial charge is 0.330 e. The molecule has 0 bridgehead atoms. The van der Waals surface area contributed by atoms with Crippen molar-refractivity contribution in [3.05, 3.63) is 53.6 Å². The van der Waals surface area contributed by atoms with E-state index >= 15 is 0 Å². The number of ether oxygens (including phenoxy) is 3. The summed E-state index contributed by atoms with van der Waals surface area (Å²) in [7, 11) is 0. The highest BCUT2D eigenvalue weighted by atomic mass is 16.7. The number of phenolic OH excluding ortho intramolecular Hbond substituents is 3. The van der Waals surface area contributed by atoms with Crippen molar-refractivity contribution in [1.82, 2.24) is 0 Å². The van der Waals surface area contributed by atoms with Gasteiger partial charge >= 0.3 is 5.97 Å². The van der Waals surface area contributed by atoms with Crippen LogP contribution in [0.1, 0.15) is 11.1 Å². The van der Waals surface area contributed by atoms with E-state index in [1.807, 2.05) is 0 Å². The van der Waals surface area contributed by atoms with Gasteiger partial charge in [0.25, 0.3) is 0 Å². The molecule has 0 radical (unpaired) electrons. The number of aliphatic hydroxyl groups excluding tert-OH is 4. The number of aromatic hydroxyl groups is 3. The zero-order valence-corrected chi connectivity index (χ0v) is 17.9. The molecule has 5 atom stereocenters. The SMILES string of the molecule is O=C(/C=C/c1ccc(O)c(O)c1)OC[C@H]1O[C@@H](Oc2ccc(CCO)cc2O)[C@H](O)[C@@H](O)[C@@H]1O. The van der Waals surface area contributed by atoms with Gasteiger partial charge in [0.15, 0.2) is 23.0 Å². The van der Waals surface area contributed by atoms with E-state index in [4.69, 9.17) is 19.3 Å². The molecule has 1 heterocycles. The Labute approximate surface area is 194 Å². The molecule has 0 spiro atoms. The van der Waals surface area contributed by atoms with Crippen LogP contribution in [0.5, 0.6) is 23.0 Å². The second-order valence-corrected chi connectivity index (χ2v) is 7.62. The largest absolute Gasteiger partial charge is 0.504 e. The van der Waals surface area contributed by atoms with E-state index in [9.17, 15) is 35.4 Å². The van der Waals surface area contributed by atoms with E-state index < -0.39 is 43.3 Å². The molecule has 0 amide bonds. The first-order chi connectivity index (χ1) is 16.2. The lowest BCUT2D eigenvalue weighted by molar-refractivity contribution is -0.278. The first-order valence-corrected chi connectivity index (χ1v) is 10.4. The lowest BCUT2D eigenvalue weighted by Crippen LogP contribution is -2.60. The van der Waals surface area contributed by atoms with Crippen molar-refractivity contribution in [3.63, 3.8) is 0 Å². The number of esters is 1. The van der Waals surface area contributed by atoms with Gasteiger partial charge < -0.3 is 50.0 Å². The molecule has 0 aliphatic carbocycles. The number of hydrogen-bond donors (Lipinski definition) is 7. The molecule has 0 aromatic heterocycles. The molecule has 184 valence electrons. The van der Waals surface area contributed by atoms with Crippen LogP contribution in [-0.4, -0.2) is 85.6 Å². The summed E-state index contributed by atoms with van der Waals surface area (Å²) < 4.78 is 16.0. The molecule has 1 saturated heterocycles. The molecule has 11 heteroatoms. The highest BCUT2D eigenvalue weighted by molar-refractivity contribution is 5.87. The highest BCUT2D eigenvalue weighted by Gasteiger charge is 2.45. The van der Waals surface area contributed by atoms with Crippen LogP contribution in [0.4, 0.5) is 0 Å². The molecule has 3 rings (SSSR count). The minimum Gasteiger partial charge on any atom is -0.504 e. The van der Waals surface area contributed by atoms with Crippen LogP contribution in [0.25, 0.3) is 6.08 Å². The topological polar surface area (TPSA) is 186 Å². The van der Waals surface area contributed by atoms with Gasteiger partial charge in [-0.25, -0.2) is 4.79 Å². The summed E-state index contributed by atoms with van der Waals surface area (Å²) in [5.41, 5.74) is 1.06. The summed E-state index contributed by atoms with van der Waals surface area (Å²) in [5, 5.41) is 68.5. The Morgan fingerprint density at radius 3 is 2.38 bits per heavy atom. The number of carbonyl (C=O) groups is 1. The summed E-state index contributed by atoms with van der Waals surface area (Å²) in [5.74, 6) is -1.84. The number of hydrogen-bond acceptors (Lipinski definition) is 11. The molecule has 2 aromatic rings. The molecule has 1 aliphatic heterocycles. The van der Waals surface area contributed by atoms with E-state index in [-0.39, 0.29) is 29.6 Å². The van der Waals surface area contributed by atoms with Crippen molar-refractivity contribution < 1.29 is 54.8 Å². The summed E-state index contributed by atoms with van der Waals surface area (Å²) in [6.45, 7) is -0.600. The van der Waals surface area contributed by atoms with Gasteiger partial charge in [-0.15, -0.1) is 0 Å². The molecule has 11 nitrogen and oxygen atoms in total. The first-order valence-electron chi connectivity index (χ1n) is 10.4. The van der Waals surface area contributed by atoms with Crippen LogP contribution < -0.4 is 4.74 Å². The van der Waals surface area contributed by atoms with Gasteiger partial charge in [0, 0.05) is 12.7 Å². The quantitative estimate of drug-likeness (QED) is 0.151. The van der Waals surface area contributed by atoms with Crippen molar-refractivity contribution in [2.75, 3.05) is 13.2 Å². The van der Waals surface area contributed by atoms with Crippen molar-refractivity contribution in [1.29, 1.82) is 0 Å². The van der Waals surface area contributed by atoms with Gasteiger partial charge in [-0.05, 0) is 47.9 Å². The fourth-order valence-electron chi connectivity index (χ4n) is 3.24. The molecule has 1 aliphatic rings. The van der Waals surface area contributed by atoms with Crippen LogP contribution in [-0.2, 0) is 20.7 Å². The number of carbonyl (C=O) groups excluding carboxylic acids is 1. The van der Waals surface area contributed by atoms with Crippen LogP contribution in [0.15, 0.2) is 42.5 Å². The first kappa shape index (κ1) is 25.3. The van der Waals surface area contributed by atoms with Crippen LogP contribution in [0, 0.1) is 0 Å². The highest BCUT2D eigenvalue weighted by Crippen LogP contribution is 2.31. The molecule has 1 fully saturated rings. The normalized spacial score (nSPS) is 24.8. The monoisotopic (exact) mass is 478 g/mol. The zero-order chi connectivity index (χ0) is 24.8. The minimum absolute atomic E-state index is 0.0647. The molecular formula is C23H26O11. The van der Waals surface area contributed by atoms with Crippen molar-refractivity contribution in [3.8, 4) is 23.0 Å². The fourth-order valence-corrected chi connectivity index (χ4v) is 3.24. The van der Waals surface area contributed by atoms with Gasteiger partial charge in [0.1, 0.15) is 31.0 Å². The molecule has 2 aromatic carbocycles. The summed E-state index contributed by atoms with van der Waals surface area (Å²) in [4.78, 5) is 12.0. The van der Waals surface area contributed by atoms with Crippen LogP contribution in [0.2, 0.25) is 0 Å². The summed E-state index contributed by atoms with van der Waals surface area (Å²) in [6, 6.07) is 8.29. The molecule has 34 heavy (non-hydrogen) atoms. The lowest BCUT2D eigenvalue weighted by atomic mass is 9.99. The third kappa shape index (κ3) is 6.16. The van der Waals surface area contributed by atoms with Gasteiger partial charge in [0.05, 0.1) is 0 Å². The summed E-state index contributed by atoms with van der Waals surface area (Å²) in [6.07, 6.45) is -5.01. The summed E-state index contributed by atoms with van der Waals surface area (Å²) >= 11 is 0. The Morgan fingerprint density at radius 1 is 0.941 bits per heavy atom. The number of aliphatic hydroxyl groups is 4. The Morgan fingerprint density at radius 2 is 1.71 bits per heavy atom. The van der Waals surface area contributed by atoms with Gasteiger partial charge in [-0.2, -0.15) is 0 Å². The van der Waals surface area contributed by atoms with Gasteiger partial charge in [-0.3, -0.25) is 0 Å². The van der Waals surface area contributed by atoms with E-state index in [0.717, 1.165) is 6.08 Å². The van der Waals surface area contributed by atoms with Gasteiger partial charge in [-0.1, -0.05) is 12.1 Å². The van der Waals surface area contributed by atoms with Crippen molar-refractivity contribution >= 4 is 12.0 Å². The van der Waals surface area contributed by atoms with E-state index in [1.54, 1.807) is 6.07 Å². The second-order valence-electron chi connectivity index (χ2n) is 7.62. The predicted octanol–water partition coefficient (Wildman–Crippen LogP) is -0.219. The Hall–Kier alpha value is -3.35.